The lowest BCUT2D eigenvalue weighted by Gasteiger charge is -2.22. The van der Waals surface area contributed by atoms with E-state index in [1.165, 1.54) is 44.7 Å². The minimum Gasteiger partial charge on any atom is -0.384 e. The number of nitrogens with one attached hydrogen (secondary N) is 1. The molecular weight excluding hydrogens is 398 g/mol. The third kappa shape index (κ3) is 8.44. The fourth-order valence-electron chi connectivity index (χ4n) is 3.49. The Morgan fingerprint density at radius 2 is 1.67 bits per heavy atom. The number of halogens is 1. The summed E-state index contributed by atoms with van der Waals surface area (Å²) in [7, 11) is 0. The van der Waals surface area contributed by atoms with Crippen LogP contribution in [-0.4, -0.2) is 34.7 Å². The molecule has 3 heterocycles. The molecule has 0 radical (unpaired) electrons. The summed E-state index contributed by atoms with van der Waals surface area (Å²) in [6, 6.07) is 1.70. The van der Waals surface area contributed by atoms with Crippen LogP contribution in [0.5, 0.6) is 0 Å². The number of aromatic nitrogens is 3. The number of nitrogens with two attached hydrogens (primary N) is 1. The van der Waals surface area contributed by atoms with E-state index in [1.807, 2.05) is 13.8 Å². The minimum absolute atomic E-state index is 0.404. The second-order valence-electron chi connectivity index (χ2n) is 7.44. The van der Waals surface area contributed by atoms with Crippen LogP contribution in [0.15, 0.2) is 24.7 Å². The first kappa shape index (κ1) is 24.4. The monoisotopic (exact) mass is 433 g/mol. The molecule has 0 amide bonds. The van der Waals surface area contributed by atoms with Gasteiger partial charge < -0.3 is 15.8 Å². The fraction of sp³-hybridized carbons (Fsp3) is 0.609. The Morgan fingerprint density at radius 3 is 2.30 bits per heavy atom. The van der Waals surface area contributed by atoms with Crippen LogP contribution >= 0.6 is 11.6 Å². The maximum absolute atomic E-state index is 6.16. The van der Waals surface area contributed by atoms with Crippen LogP contribution in [0.1, 0.15) is 65.2 Å². The minimum atomic E-state index is 0.404. The molecule has 2 fully saturated rings. The van der Waals surface area contributed by atoms with Crippen molar-refractivity contribution in [2.24, 2.45) is 5.92 Å². The van der Waals surface area contributed by atoms with E-state index in [1.54, 1.807) is 18.5 Å². The maximum atomic E-state index is 6.16. The summed E-state index contributed by atoms with van der Waals surface area (Å²) >= 11 is 6.16. The highest BCUT2D eigenvalue weighted by atomic mass is 35.5. The summed E-state index contributed by atoms with van der Waals surface area (Å²) in [6.45, 7) is 6.54. The molecule has 2 aromatic rings. The van der Waals surface area contributed by atoms with Gasteiger partial charge in [0.25, 0.3) is 0 Å². The average molecular weight is 434 g/mol. The number of hydrogen-bond donors (Lipinski definition) is 2. The molecule has 0 unspecified atom stereocenters. The predicted octanol–water partition coefficient (Wildman–Crippen LogP) is 5.98. The molecule has 3 N–H and O–H groups in total. The summed E-state index contributed by atoms with van der Waals surface area (Å²) < 4.78 is 5.36. The summed E-state index contributed by atoms with van der Waals surface area (Å²) in [5, 5.41) is 3.84. The van der Waals surface area contributed by atoms with Crippen molar-refractivity contribution in [3.8, 4) is 11.3 Å². The molecule has 0 bridgehead atoms. The van der Waals surface area contributed by atoms with Crippen molar-refractivity contribution >= 4 is 23.2 Å². The Morgan fingerprint density at radius 1 is 1.03 bits per heavy atom. The standard InChI is InChI=1S/C15H18ClN5O.C6H12.C2H6/c16-12-7-19-14(17)5-11(12)13-8-18-9-15(21-13)20-6-10-1-3-22-4-2-10;1-2-4-6-5-3-1;1-2/h5,7-10H,1-4,6H2,(H2,17,19)(H,20,21);1-6H2;1-2H3. The molecule has 1 aliphatic carbocycles. The SMILES string of the molecule is C1CCCCC1.CC.Nc1cc(-c2cncc(NCC3CCOCC3)n2)c(Cl)cn1. The lowest BCUT2D eigenvalue weighted by Crippen LogP contribution is -2.23. The average Bonchev–Trinajstić information content (AvgIpc) is 2.83. The van der Waals surface area contributed by atoms with Gasteiger partial charge in [-0.1, -0.05) is 64.0 Å². The molecule has 30 heavy (non-hydrogen) atoms. The lowest BCUT2D eigenvalue weighted by atomic mass is 10.0. The molecule has 2 aromatic heterocycles. The van der Waals surface area contributed by atoms with Gasteiger partial charge in [0.05, 0.1) is 23.1 Å². The molecule has 0 spiro atoms. The highest BCUT2D eigenvalue weighted by molar-refractivity contribution is 6.33. The van der Waals surface area contributed by atoms with Crippen molar-refractivity contribution in [3.05, 3.63) is 29.7 Å². The maximum Gasteiger partial charge on any atom is 0.145 e. The highest BCUT2D eigenvalue weighted by Gasteiger charge is 2.14. The molecule has 2 aliphatic rings. The zero-order chi connectivity index (χ0) is 21.6. The zero-order valence-corrected chi connectivity index (χ0v) is 19.1. The van der Waals surface area contributed by atoms with Crippen molar-refractivity contribution in [1.82, 2.24) is 15.0 Å². The van der Waals surface area contributed by atoms with Gasteiger partial charge in [0.2, 0.25) is 0 Å². The first-order valence-electron chi connectivity index (χ1n) is 11.3. The fourth-order valence-corrected chi connectivity index (χ4v) is 3.69. The van der Waals surface area contributed by atoms with E-state index in [4.69, 9.17) is 22.1 Å². The predicted molar refractivity (Wildman–Crippen MR) is 126 cm³/mol. The van der Waals surface area contributed by atoms with Gasteiger partial charge in [0, 0.05) is 31.5 Å². The van der Waals surface area contributed by atoms with Gasteiger partial charge in [-0.2, -0.15) is 0 Å². The van der Waals surface area contributed by atoms with Gasteiger partial charge in [-0.05, 0) is 24.8 Å². The zero-order valence-electron chi connectivity index (χ0n) is 18.4. The van der Waals surface area contributed by atoms with Crippen LogP contribution in [0.25, 0.3) is 11.3 Å². The number of hydrogen-bond acceptors (Lipinski definition) is 6. The number of anilines is 2. The third-order valence-corrected chi connectivity index (χ3v) is 5.50. The summed E-state index contributed by atoms with van der Waals surface area (Å²) in [5.41, 5.74) is 7.12. The van der Waals surface area contributed by atoms with Crippen LogP contribution in [0, 0.1) is 5.92 Å². The first-order valence-corrected chi connectivity index (χ1v) is 11.7. The lowest BCUT2D eigenvalue weighted by molar-refractivity contribution is 0.0699. The smallest absolute Gasteiger partial charge is 0.145 e. The van der Waals surface area contributed by atoms with Crippen molar-refractivity contribution in [3.63, 3.8) is 0 Å². The van der Waals surface area contributed by atoms with E-state index in [2.05, 4.69) is 20.3 Å². The van der Waals surface area contributed by atoms with Crippen molar-refractivity contribution in [2.75, 3.05) is 30.8 Å². The molecular formula is C23H36ClN5O. The number of pyridine rings is 1. The molecule has 166 valence electrons. The highest BCUT2D eigenvalue weighted by Crippen LogP contribution is 2.27. The summed E-state index contributed by atoms with van der Waals surface area (Å²) in [5.74, 6) is 1.75. The molecule has 0 aromatic carbocycles. The molecule has 0 atom stereocenters. The van der Waals surface area contributed by atoms with Gasteiger partial charge >= 0.3 is 0 Å². The van der Waals surface area contributed by atoms with Crippen LogP contribution < -0.4 is 11.1 Å². The number of nitrogen functional groups attached to an aromatic ring is 1. The number of rotatable bonds is 4. The third-order valence-electron chi connectivity index (χ3n) is 5.20. The number of ether oxygens (including phenoxy) is 1. The summed E-state index contributed by atoms with van der Waals surface area (Å²) in [4.78, 5) is 12.7. The quantitative estimate of drug-likeness (QED) is 0.616. The summed E-state index contributed by atoms with van der Waals surface area (Å²) in [6.07, 6.45) is 16.1. The molecule has 1 saturated heterocycles. The van der Waals surface area contributed by atoms with Gasteiger partial charge in [-0.25, -0.2) is 9.97 Å². The van der Waals surface area contributed by atoms with Crippen molar-refractivity contribution in [1.29, 1.82) is 0 Å². The Hall–Kier alpha value is -1.92. The van der Waals surface area contributed by atoms with E-state index in [0.717, 1.165) is 44.0 Å². The normalized spacial score (nSPS) is 16.5. The van der Waals surface area contributed by atoms with E-state index >= 15 is 0 Å². The van der Waals surface area contributed by atoms with Gasteiger partial charge in [0.1, 0.15) is 11.6 Å². The molecule has 6 nitrogen and oxygen atoms in total. The first-order chi connectivity index (χ1) is 14.7. The van der Waals surface area contributed by atoms with Gasteiger partial charge in [-0.15, -0.1) is 0 Å². The Bertz CT molecular complexity index is 722. The van der Waals surface area contributed by atoms with E-state index in [9.17, 15) is 0 Å². The van der Waals surface area contributed by atoms with E-state index in [0.29, 0.717) is 22.5 Å². The number of nitrogens with zero attached hydrogens (tertiary/aromatic N) is 3. The second kappa shape index (κ2) is 14.1. The van der Waals surface area contributed by atoms with Crippen LogP contribution in [0.2, 0.25) is 5.02 Å². The topological polar surface area (TPSA) is 86.0 Å². The van der Waals surface area contributed by atoms with Gasteiger partial charge in [0.15, 0.2) is 0 Å². The Kier molecular flexibility index (Phi) is 11.5. The van der Waals surface area contributed by atoms with Crippen LogP contribution in [0.4, 0.5) is 11.6 Å². The van der Waals surface area contributed by atoms with Crippen molar-refractivity contribution < 1.29 is 4.74 Å². The van der Waals surface area contributed by atoms with E-state index < -0.39 is 0 Å². The molecule has 1 saturated carbocycles. The Labute approximate surface area is 186 Å². The second-order valence-corrected chi connectivity index (χ2v) is 7.84. The van der Waals surface area contributed by atoms with Gasteiger partial charge in [-0.3, -0.25) is 4.98 Å². The largest absolute Gasteiger partial charge is 0.384 e. The van der Waals surface area contributed by atoms with E-state index in [-0.39, 0.29) is 0 Å². The Balaban J connectivity index is 0.000000340. The molecule has 7 heteroatoms. The molecule has 1 aliphatic heterocycles. The van der Waals surface area contributed by atoms with Crippen LogP contribution in [0.3, 0.4) is 0 Å². The van der Waals surface area contributed by atoms with Crippen molar-refractivity contribution in [2.45, 2.75) is 65.2 Å². The molecule has 4 rings (SSSR count). The van der Waals surface area contributed by atoms with Crippen LogP contribution in [-0.2, 0) is 4.74 Å².